The molecule has 0 unspecified atom stereocenters. The van der Waals surface area contributed by atoms with Crippen LogP contribution in [0.3, 0.4) is 0 Å². The van der Waals surface area contributed by atoms with Gasteiger partial charge in [0.2, 0.25) is 0 Å². The Labute approximate surface area is 259 Å². The predicted molar refractivity (Wildman–Crippen MR) is 184 cm³/mol. The van der Waals surface area contributed by atoms with Crippen LogP contribution >= 0.6 is 0 Å². The molecule has 0 spiro atoms. The number of hydrogen-bond donors (Lipinski definition) is 2. The minimum Gasteiger partial charge on any atom is -0.383 e. The van der Waals surface area contributed by atoms with E-state index in [0.29, 0.717) is 11.4 Å². The standard InChI is InChI=1S/C36H69N3O3/c1-5-8-11-12-15-20-27-39(29-23-26-38-34-33(37-4)35(40)36(34)41)28-21-16-13-14-17-22-30-42-31-32(24-18-9-6-2)25-19-10-7-3/h32,37-38H,5-31H2,1-4H3. The van der Waals surface area contributed by atoms with Crippen molar-refractivity contribution in [2.45, 2.75) is 156 Å². The summed E-state index contributed by atoms with van der Waals surface area (Å²) in [5, 5.41) is 6.03. The van der Waals surface area contributed by atoms with Crippen LogP contribution in [-0.4, -0.2) is 51.3 Å². The molecule has 0 amide bonds. The van der Waals surface area contributed by atoms with Gasteiger partial charge in [-0.3, -0.25) is 9.59 Å². The summed E-state index contributed by atoms with van der Waals surface area (Å²) >= 11 is 0. The summed E-state index contributed by atoms with van der Waals surface area (Å²) < 4.78 is 6.13. The second kappa shape index (κ2) is 27.2. The molecule has 2 N–H and O–H groups in total. The number of hydrogen-bond acceptors (Lipinski definition) is 6. The second-order valence-electron chi connectivity index (χ2n) is 12.6. The molecular formula is C36H69N3O3. The average Bonchev–Trinajstić information content (AvgIpc) is 3.00. The molecule has 0 radical (unpaired) electrons. The van der Waals surface area contributed by atoms with Gasteiger partial charge in [0.15, 0.2) is 0 Å². The number of rotatable bonds is 32. The van der Waals surface area contributed by atoms with Crippen LogP contribution in [0, 0.1) is 5.92 Å². The zero-order valence-electron chi connectivity index (χ0n) is 28.3. The highest BCUT2D eigenvalue weighted by Gasteiger charge is 2.18. The monoisotopic (exact) mass is 592 g/mol. The number of nitrogens with zero attached hydrogens (tertiary/aromatic N) is 1. The molecule has 0 aliphatic rings. The van der Waals surface area contributed by atoms with Crippen molar-refractivity contribution in [1.82, 2.24) is 4.90 Å². The molecule has 0 saturated carbocycles. The van der Waals surface area contributed by atoms with Gasteiger partial charge in [0, 0.05) is 26.8 Å². The second-order valence-corrected chi connectivity index (χ2v) is 12.6. The van der Waals surface area contributed by atoms with Crippen molar-refractivity contribution in [3.8, 4) is 0 Å². The molecule has 0 saturated heterocycles. The van der Waals surface area contributed by atoms with Crippen LogP contribution in [0.5, 0.6) is 0 Å². The molecule has 0 fully saturated rings. The van der Waals surface area contributed by atoms with Crippen LogP contribution in [0.25, 0.3) is 0 Å². The summed E-state index contributed by atoms with van der Waals surface area (Å²) in [4.78, 5) is 26.0. The third-order valence-electron chi connectivity index (χ3n) is 8.74. The maximum atomic E-state index is 11.8. The minimum absolute atomic E-state index is 0.385. The molecule has 0 heterocycles. The van der Waals surface area contributed by atoms with Gasteiger partial charge >= 0.3 is 0 Å². The molecule has 1 aromatic rings. The quantitative estimate of drug-likeness (QED) is 0.0644. The van der Waals surface area contributed by atoms with Crippen molar-refractivity contribution < 1.29 is 4.74 Å². The molecule has 0 aliphatic heterocycles. The van der Waals surface area contributed by atoms with E-state index in [2.05, 4.69) is 36.3 Å². The van der Waals surface area contributed by atoms with Crippen LogP contribution in [-0.2, 0) is 4.74 Å². The molecule has 246 valence electrons. The molecule has 1 aromatic carbocycles. The van der Waals surface area contributed by atoms with E-state index in [0.717, 1.165) is 45.2 Å². The van der Waals surface area contributed by atoms with Crippen molar-refractivity contribution in [2.24, 2.45) is 5.92 Å². The SMILES string of the molecule is CCCCCCCCN(CCCCCCCCOCC(CCCCC)CCCCC)CCCNc1c(NC)c(=O)c1=O. The lowest BCUT2D eigenvalue weighted by Crippen LogP contribution is -2.37. The lowest BCUT2D eigenvalue weighted by atomic mass is 9.96. The zero-order chi connectivity index (χ0) is 30.7. The van der Waals surface area contributed by atoms with E-state index in [1.165, 1.54) is 135 Å². The summed E-state index contributed by atoms with van der Waals surface area (Å²) in [6, 6.07) is 0. The summed E-state index contributed by atoms with van der Waals surface area (Å²) in [7, 11) is 1.69. The Morgan fingerprint density at radius 2 is 1.07 bits per heavy atom. The van der Waals surface area contributed by atoms with Crippen molar-refractivity contribution in [3.63, 3.8) is 0 Å². The van der Waals surface area contributed by atoms with Crippen molar-refractivity contribution in [2.75, 3.05) is 57.1 Å². The van der Waals surface area contributed by atoms with Gasteiger partial charge in [-0.1, -0.05) is 117 Å². The Morgan fingerprint density at radius 1 is 0.595 bits per heavy atom. The fraction of sp³-hybridized carbons (Fsp3) is 0.889. The van der Waals surface area contributed by atoms with E-state index < -0.39 is 5.43 Å². The maximum Gasteiger partial charge on any atom is 0.253 e. The highest BCUT2D eigenvalue weighted by Crippen LogP contribution is 2.19. The molecule has 0 aliphatic carbocycles. The van der Waals surface area contributed by atoms with Crippen molar-refractivity contribution >= 4 is 11.4 Å². The Balaban J connectivity index is 2.20. The molecule has 6 heteroatoms. The van der Waals surface area contributed by atoms with Gasteiger partial charge < -0.3 is 20.3 Å². The molecule has 0 aromatic heterocycles. The van der Waals surface area contributed by atoms with Gasteiger partial charge in [0.1, 0.15) is 11.4 Å². The molecule has 42 heavy (non-hydrogen) atoms. The van der Waals surface area contributed by atoms with Gasteiger partial charge in [0.25, 0.3) is 10.9 Å². The Kier molecular flexibility index (Phi) is 25.0. The molecule has 0 bridgehead atoms. The molecule has 0 atom stereocenters. The van der Waals surface area contributed by atoms with Gasteiger partial charge in [-0.05, 0) is 64.1 Å². The Bertz CT molecular complexity index is 795. The van der Waals surface area contributed by atoms with E-state index in [-0.39, 0.29) is 5.43 Å². The van der Waals surface area contributed by atoms with Crippen LogP contribution in [0.4, 0.5) is 11.4 Å². The summed E-state index contributed by atoms with van der Waals surface area (Å²) in [6.07, 6.45) is 27.4. The van der Waals surface area contributed by atoms with E-state index in [9.17, 15) is 9.59 Å². The summed E-state index contributed by atoms with van der Waals surface area (Å²) in [5.41, 5.74) is 0.115. The highest BCUT2D eigenvalue weighted by atomic mass is 16.5. The topological polar surface area (TPSA) is 70.7 Å². The first-order valence-corrected chi connectivity index (χ1v) is 18.1. The van der Waals surface area contributed by atoms with E-state index >= 15 is 0 Å². The molecular weight excluding hydrogens is 522 g/mol. The van der Waals surface area contributed by atoms with Crippen LogP contribution in [0.1, 0.15) is 156 Å². The van der Waals surface area contributed by atoms with Gasteiger partial charge in [-0.25, -0.2) is 0 Å². The first kappa shape index (κ1) is 38.6. The van der Waals surface area contributed by atoms with Crippen molar-refractivity contribution in [3.05, 3.63) is 20.4 Å². The smallest absolute Gasteiger partial charge is 0.253 e. The molecule has 1 rings (SSSR count). The predicted octanol–water partition coefficient (Wildman–Crippen LogP) is 8.92. The third kappa shape index (κ3) is 18.3. The average molecular weight is 592 g/mol. The lowest BCUT2D eigenvalue weighted by Gasteiger charge is -2.23. The van der Waals surface area contributed by atoms with Gasteiger partial charge in [-0.15, -0.1) is 0 Å². The summed E-state index contributed by atoms with van der Waals surface area (Å²) in [6.45, 7) is 12.9. The number of ether oxygens (including phenoxy) is 1. The van der Waals surface area contributed by atoms with E-state index in [4.69, 9.17) is 4.74 Å². The van der Waals surface area contributed by atoms with Gasteiger partial charge in [-0.2, -0.15) is 0 Å². The fourth-order valence-electron chi connectivity index (χ4n) is 5.94. The van der Waals surface area contributed by atoms with Crippen LogP contribution in [0.2, 0.25) is 0 Å². The number of anilines is 2. The minimum atomic E-state index is -0.401. The lowest BCUT2D eigenvalue weighted by molar-refractivity contribution is 0.0879. The largest absolute Gasteiger partial charge is 0.383 e. The van der Waals surface area contributed by atoms with Crippen molar-refractivity contribution in [1.29, 1.82) is 0 Å². The number of unbranched alkanes of at least 4 members (excludes halogenated alkanes) is 14. The first-order chi connectivity index (χ1) is 20.6. The highest BCUT2D eigenvalue weighted by molar-refractivity contribution is 5.73. The van der Waals surface area contributed by atoms with E-state index in [1.54, 1.807) is 7.05 Å². The first-order valence-electron chi connectivity index (χ1n) is 18.1. The Morgan fingerprint density at radius 3 is 1.64 bits per heavy atom. The Hall–Kier alpha value is -1.40. The van der Waals surface area contributed by atoms with Gasteiger partial charge in [0.05, 0.1) is 0 Å². The normalized spacial score (nSPS) is 11.8. The molecule has 6 nitrogen and oxygen atoms in total. The number of nitrogens with one attached hydrogen (secondary N) is 2. The van der Waals surface area contributed by atoms with Crippen LogP contribution in [0.15, 0.2) is 9.59 Å². The third-order valence-corrected chi connectivity index (χ3v) is 8.74. The zero-order valence-corrected chi connectivity index (χ0v) is 28.3. The summed E-state index contributed by atoms with van der Waals surface area (Å²) in [5.74, 6) is 0.769. The van der Waals surface area contributed by atoms with E-state index in [1.807, 2.05) is 0 Å². The van der Waals surface area contributed by atoms with Crippen LogP contribution < -0.4 is 21.5 Å². The fourth-order valence-corrected chi connectivity index (χ4v) is 5.94. The maximum absolute atomic E-state index is 11.8.